The topological polar surface area (TPSA) is 90.7 Å². The third-order valence-corrected chi connectivity index (χ3v) is 2.95. The summed E-state index contributed by atoms with van der Waals surface area (Å²) in [7, 11) is 0. The van der Waals surface area contributed by atoms with Crippen LogP contribution in [-0.2, 0) is 17.6 Å². The van der Waals surface area contributed by atoms with Gasteiger partial charge in [-0.05, 0) is 24.8 Å². The first kappa shape index (κ1) is 15.9. The van der Waals surface area contributed by atoms with Crippen molar-refractivity contribution in [3.05, 3.63) is 16.8 Å². The zero-order valence-electron chi connectivity index (χ0n) is 12.3. The summed E-state index contributed by atoms with van der Waals surface area (Å²) in [5.74, 6) is 0.267. The highest BCUT2D eigenvalue weighted by molar-refractivity contribution is 5.80. The van der Waals surface area contributed by atoms with E-state index in [4.69, 9.17) is 0 Å². The Hall–Kier alpha value is -2.16. The normalized spacial score (nSPS) is 9.90. The molecule has 6 nitrogen and oxygen atoms in total. The van der Waals surface area contributed by atoms with E-state index in [2.05, 4.69) is 26.9 Å². The van der Waals surface area contributed by atoms with E-state index in [0.29, 0.717) is 17.9 Å². The molecule has 0 aliphatic rings. The molecule has 1 aromatic heterocycles. The summed E-state index contributed by atoms with van der Waals surface area (Å²) in [6, 6.07) is 2.16. The molecule has 20 heavy (non-hydrogen) atoms. The predicted octanol–water partition coefficient (Wildman–Crippen LogP) is 1.41. The van der Waals surface area contributed by atoms with Crippen molar-refractivity contribution < 1.29 is 4.79 Å². The highest BCUT2D eigenvalue weighted by Crippen LogP contribution is 2.19. The molecule has 6 heteroatoms. The average Bonchev–Trinajstić information content (AvgIpc) is 2.49. The van der Waals surface area contributed by atoms with Crippen LogP contribution >= 0.6 is 0 Å². The van der Waals surface area contributed by atoms with E-state index in [0.717, 1.165) is 30.5 Å². The highest BCUT2D eigenvalue weighted by atomic mass is 16.1. The van der Waals surface area contributed by atoms with E-state index in [1.54, 1.807) is 0 Å². The lowest BCUT2D eigenvalue weighted by atomic mass is 10.0. The van der Waals surface area contributed by atoms with Gasteiger partial charge in [0.25, 0.3) is 0 Å². The second-order valence-corrected chi connectivity index (χ2v) is 4.37. The summed E-state index contributed by atoms with van der Waals surface area (Å²) in [5, 5.41) is 23.1. The van der Waals surface area contributed by atoms with Crippen LogP contribution < -0.4 is 10.6 Å². The predicted molar refractivity (Wildman–Crippen MR) is 77.3 cm³/mol. The van der Waals surface area contributed by atoms with Crippen LogP contribution in [0, 0.1) is 11.3 Å². The molecule has 1 aromatic rings. The van der Waals surface area contributed by atoms with Crippen LogP contribution in [0.5, 0.6) is 0 Å². The van der Waals surface area contributed by atoms with Gasteiger partial charge in [-0.1, -0.05) is 20.8 Å². The van der Waals surface area contributed by atoms with Crippen molar-refractivity contribution >= 4 is 11.7 Å². The van der Waals surface area contributed by atoms with Crippen molar-refractivity contribution in [3.8, 4) is 6.07 Å². The van der Waals surface area contributed by atoms with Crippen molar-refractivity contribution in [1.82, 2.24) is 15.5 Å². The maximum absolute atomic E-state index is 11.5. The quantitative estimate of drug-likeness (QED) is 0.785. The van der Waals surface area contributed by atoms with E-state index < -0.39 is 0 Å². The number of aryl methyl sites for hydroxylation is 1. The van der Waals surface area contributed by atoms with Crippen molar-refractivity contribution in [1.29, 1.82) is 5.26 Å². The zero-order chi connectivity index (χ0) is 15.0. The van der Waals surface area contributed by atoms with Gasteiger partial charge in [-0.15, -0.1) is 5.10 Å². The Morgan fingerprint density at radius 3 is 2.55 bits per heavy atom. The molecule has 0 saturated heterocycles. The van der Waals surface area contributed by atoms with Crippen LogP contribution in [0.25, 0.3) is 0 Å². The summed E-state index contributed by atoms with van der Waals surface area (Å²) in [6.45, 7) is 6.69. The van der Waals surface area contributed by atoms with Crippen LogP contribution in [0.1, 0.15) is 44.0 Å². The number of nitriles is 1. The van der Waals surface area contributed by atoms with Gasteiger partial charge in [0.1, 0.15) is 11.6 Å². The van der Waals surface area contributed by atoms with Crippen LogP contribution in [0.2, 0.25) is 0 Å². The number of aromatic nitrogens is 2. The van der Waals surface area contributed by atoms with E-state index >= 15 is 0 Å². The number of nitrogens with one attached hydrogen (secondary N) is 2. The average molecular weight is 275 g/mol. The monoisotopic (exact) mass is 275 g/mol. The Morgan fingerprint density at radius 1 is 1.25 bits per heavy atom. The summed E-state index contributed by atoms with van der Waals surface area (Å²) >= 11 is 0. The minimum Gasteiger partial charge on any atom is -0.358 e. The fraction of sp³-hybridized carbons (Fsp3) is 0.571. The summed E-state index contributed by atoms with van der Waals surface area (Å²) < 4.78 is 0. The number of amides is 1. The maximum Gasteiger partial charge on any atom is 0.239 e. The molecule has 2 N–H and O–H groups in total. The molecule has 1 rings (SSSR count). The second kappa shape index (κ2) is 8.10. The number of nitrogens with zero attached hydrogens (tertiary/aromatic N) is 3. The largest absolute Gasteiger partial charge is 0.358 e. The minimum atomic E-state index is -0.116. The number of carbonyl (C=O) groups is 1. The van der Waals surface area contributed by atoms with Gasteiger partial charge in [-0.2, -0.15) is 10.4 Å². The lowest BCUT2D eigenvalue weighted by Gasteiger charge is -2.11. The van der Waals surface area contributed by atoms with Gasteiger partial charge < -0.3 is 10.6 Å². The minimum absolute atomic E-state index is 0.0952. The third kappa shape index (κ3) is 3.92. The lowest BCUT2D eigenvalue weighted by Crippen LogP contribution is -2.30. The van der Waals surface area contributed by atoms with Gasteiger partial charge in [0.2, 0.25) is 5.91 Å². The summed E-state index contributed by atoms with van der Waals surface area (Å²) in [5.41, 5.74) is 2.23. The molecule has 0 saturated carbocycles. The first-order valence-corrected chi connectivity index (χ1v) is 6.96. The Morgan fingerprint density at radius 2 is 2.00 bits per heavy atom. The number of anilines is 1. The van der Waals surface area contributed by atoms with E-state index in [1.165, 1.54) is 0 Å². The standard InChI is InChI=1S/C14H21N5O/c1-4-7-16-13(20)9-17-14-11(8-15)10(5-2)12(6-3)18-19-14/h4-7,9H2,1-3H3,(H,16,20)(H,17,19). The summed E-state index contributed by atoms with van der Waals surface area (Å²) in [4.78, 5) is 11.5. The van der Waals surface area contributed by atoms with E-state index in [1.807, 2.05) is 20.8 Å². The Kier molecular flexibility index (Phi) is 6.44. The molecule has 0 spiro atoms. The number of carbonyl (C=O) groups excluding carboxylic acids is 1. The van der Waals surface area contributed by atoms with Crippen LogP contribution in [-0.4, -0.2) is 29.2 Å². The molecule has 0 atom stereocenters. The Labute approximate surface area is 119 Å². The first-order valence-electron chi connectivity index (χ1n) is 6.96. The van der Waals surface area contributed by atoms with Gasteiger partial charge in [0.15, 0.2) is 5.82 Å². The maximum atomic E-state index is 11.5. The van der Waals surface area contributed by atoms with Crippen LogP contribution in [0.3, 0.4) is 0 Å². The molecule has 108 valence electrons. The molecule has 1 heterocycles. The lowest BCUT2D eigenvalue weighted by molar-refractivity contribution is -0.119. The van der Waals surface area contributed by atoms with Crippen molar-refractivity contribution in [3.63, 3.8) is 0 Å². The molecular formula is C14H21N5O. The molecule has 0 aromatic carbocycles. The second-order valence-electron chi connectivity index (χ2n) is 4.37. The molecule has 0 unspecified atom stereocenters. The first-order chi connectivity index (χ1) is 9.67. The molecule has 0 bridgehead atoms. The fourth-order valence-corrected chi connectivity index (χ4v) is 1.91. The van der Waals surface area contributed by atoms with Crippen molar-refractivity contribution in [2.75, 3.05) is 18.4 Å². The number of rotatable bonds is 7. The van der Waals surface area contributed by atoms with E-state index in [-0.39, 0.29) is 12.5 Å². The van der Waals surface area contributed by atoms with Crippen LogP contribution in [0.15, 0.2) is 0 Å². The van der Waals surface area contributed by atoms with Gasteiger partial charge in [0.05, 0.1) is 12.2 Å². The van der Waals surface area contributed by atoms with E-state index in [9.17, 15) is 10.1 Å². The SMILES string of the molecule is CCCNC(=O)CNc1nnc(CC)c(CC)c1C#N. The molecular weight excluding hydrogens is 254 g/mol. The molecule has 0 aliphatic heterocycles. The highest BCUT2D eigenvalue weighted by Gasteiger charge is 2.14. The smallest absolute Gasteiger partial charge is 0.239 e. The molecule has 0 radical (unpaired) electrons. The zero-order valence-corrected chi connectivity index (χ0v) is 12.3. The fourth-order valence-electron chi connectivity index (χ4n) is 1.91. The van der Waals surface area contributed by atoms with Gasteiger partial charge in [0, 0.05) is 6.54 Å². The summed E-state index contributed by atoms with van der Waals surface area (Å²) in [6.07, 6.45) is 2.35. The Bertz CT molecular complexity index is 507. The Balaban J connectivity index is 2.86. The van der Waals surface area contributed by atoms with Crippen molar-refractivity contribution in [2.45, 2.75) is 40.0 Å². The number of hydrogen-bond acceptors (Lipinski definition) is 5. The molecule has 0 aliphatic carbocycles. The van der Waals surface area contributed by atoms with Gasteiger partial charge >= 0.3 is 0 Å². The van der Waals surface area contributed by atoms with Gasteiger partial charge in [-0.3, -0.25) is 4.79 Å². The molecule has 0 fully saturated rings. The van der Waals surface area contributed by atoms with Crippen LogP contribution in [0.4, 0.5) is 5.82 Å². The number of hydrogen-bond donors (Lipinski definition) is 2. The van der Waals surface area contributed by atoms with Gasteiger partial charge in [-0.25, -0.2) is 0 Å². The molecule has 1 amide bonds. The van der Waals surface area contributed by atoms with Crippen molar-refractivity contribution in [2.24, 2.45) is 0 Å². The third-order valence-electron chi connectivity index (χ3n) is 2.95.